The molecule has 0 aliphatic heterocycles. The van der Waals surface area contributed by atoms with Gasteiger partial charge in [-0.3, -0.25) is 0 Å². The molecule has 0 aromatic heterocycles. The molecular weight excluding hydrogens is 663 g/mol. The van der Waals surface area contributed by atoms with Crippen LogP contribution in [0.25, 0.3) is 55.6 Å². The first-order valence-electron chi connectivity index (χ1n) is 19.4. The molecular formula is C54H43N. The monoisotopic (exact) mass is 705 g/mol. The summed E-state index contributed by atoms with van der Waals surface area (Å²) in [5.74, 6) is 0. The fraction of sp³-hybridized carbons (Fsp3) is 0.111. The van der Waals surface area contributed by atoms with Crippen molar-refractivity contribution in [2.24, 2.45) is 0 Å². The van der Waals surface area contributed by atoms with Gasteiger partial charge in [-0.15, -0.1) is 0 Å². The summed E-state index contributed by atoms with van der Waals surface area (Å²) >= 11 is 0. The molecule has 0 amide bonds. The van der Waals surface area contributed by atoms with Crippen LogP contribution in [0.3, 0.4) is 0 Å². The standard InChI is InChI=1S/C54H43N/c1-53(2)48-20-12-11-18-45(48)46-33-31-43(35-51(46)53)55(41-27-22-37(23-28-41)36-14-7-5-8-15-36)42-29-24-38(25-30-42)40-26-32-47-50(34-40)54(3,4)49-21-13-19-44(52(47)49)39-16-9-6-10-17-39/h5-35H,1-4H3. The predicted molar refractivity (Wildman–Crippen MR) is 233 cm³/mol. The zero-order valence-electron chi connectivity index (χ0n) is 31.8. The van der Waals surface area contributed by atoms with Gasteiger partial charge in [0.1, 0.15) is 0 Å². The van der Waals surface area contributed by atoms with Gasteiger partial charge in [0, 0.05) is 27.9 Å². The lowest BCUT2D eigenvalue weighted by atomic mass is 9.81. The van der Waals surface area contributed by atoms with E-state index in [1.54, 1.807) is 0 Å². The Morgan fingerprint density at radius 3 is 1.44 bits per heavy atom. The van der Waals surface area contributed by atoms with Crippen LogP contribution in [0, 0.1) is 0 Å². The Kier molecular flexibility index (Phi) is 7.58. The fourth-order valence-electron chi connectivity index (χ4n) is 9.34. The maximum atomic E-state index is 2.43. The Morgan fingerprint density at radius 1 is 0.291 bits per heavy atom. The molecule has 0 atom stereocenters. The highest BCUT2D eigenvalue weighted by Gasteiger charge is 2.38. The second-order valence-electron chi connectivity index (χ2n) is 16.2. The molecule has 0 spiro atoms. The molecule has 2 aliphatic rings. The van der Waals surface area contributed by atoms with Gasteiger partial charge in [0.2, 0.25) is 0 Å². The lowest BCUT2D eigenvalue weighted by Gasteiger charge is -2.28. The number of nitrogens with zero attached hydrogens (tertiary/aromatic N) is 1. The third-order valence-electron chi connectivity index (χ3n) is 12.3. The van der Waals surface area contributed by atoms with Crippen molar-refractivity contribution in [1.82, 2.24) is 0 Å². The normalized spacial score (nSPS) is 14.1. The topological polar surface area (TPSA) is 3.24 Å². The average Bonchev–Trinajstić information content (AvgIpc) is 3.61. The van der Waals surface area contributed by atoms with Crippen LogP contribution in [0.4, 0.5) is 17.1 Å². The quantitative estimate of drug-likeness (QED) is 0.166. The van der Waals surface area contributed by atoms with Crippen molar-refractivity contribution in [2.45, 2.75) is 38.5 Å². The minimum Gasteiger partial charge on any atom is -0.310 e. The van der Waals surface area contributed by atoms with Crippen LogP contribution in [0.5, 0.6) is 0 Å². The van der Waals surface area contributed by atoms with Crippen molar-refractivity contribution in [2.75, 3.05) is 4.90 Å². The molecule has 10 rings (SSSR count). The molecule has 55 heavy (non-hydrogen) atoms. The highest BCUT2D eigenvalue weighted by Crippen LogP contribution is 2.54. The van der Waals surface area contributed by atoms with E-state index in [-0.39, 0.29) is 10.8 Å². The predicted octanol–water partition coefficient (Wildman–Crippen LogP) is 14.8. The highest BCUT2D eigenvalue weighted by atomic mass is 15.1. The first kappa shape index (κ1) is 33.2. The van der Waals surface area contributed by atoms with Crippen molar-refractivity contribution in [1.29, 1.82) is 0 Å². The molecule has 8 aromatic carbocycles. The van der Waals surface area contributed by atoms with Gasteiger partial charge < -0.3 is 4.90 Å². The van der Waals surface area contributed by atoms with Gasteiger partial charge in [0.25, 0.3) is 0 Å². The molecule has 0 fully saturated rings. The van der Waals surface area contributed by atoms with E-state index in [2.05, 4.69) is 221 Å². The minimum absolute atomic E-state index is 0.0858. The summed E-state index contributed by atoms with van der Waals surface area (Å²) in [6.07, 6.45) is 0. The second-order valence-corrected chi connectivity index (χ2v) is 16.2. The summed E-state index contributed by atoms with van der Waals surface area (Å²) in [5, 5.41) is 0. The molecule has 264 valence electrons. The van der Waals surface area contributed by atoms with E-state index in [0.717, 1.165) is 17.1 Å². The molecule has 0 heterocycles. The van der Waals surface area contributed by atoms with E-state index in [0.29, 0.717) is 0 Å². The number of anilines is 3. The Bertz CT molecular complexity index is 2720. The Labute approximate surface area is 325 Å². The van der Waals surface area contributed by atoms with Crippen LogP contribution in [-0.2, 0) is 10.8 Å². The van der Waals surface area contributed by atoms with Crippen molar-refractivity contribution < 1.29 is 0 Å². The van der Waals surface area contributed by atoms with E-state index in [9.17, 15) is 0 Å². The second kappa shape index (κ2) is 12.6. The van der Waals surface area contributed by atoms with Crippen molar-refractivity contribution in [3.05, 3.63) is 210 Å². The van der Waals surface area contributed by atoms with Gasteiger partial charge in [0.05, 0.1) is 0 Å². The van der Waals surface area contributed by atoms with Gasteiger partial charge in [-0.1, -0.05) is 173 Å². The number of hydrogen-bond acceptors (Lipinski definition) is 1. The smallest absolute Gasteiger partial charge is 0.0465 e. The molecule has 0 N–H and O–H groups in total. The van der Waals surface area contributed by atoms with Gasteiger partial charge in [-0.25, -0.2) is 0 Å². The van der Waals surface area contributed by atoms with E-state index >= 15 is 0 Å². The molecule has 0 unspecified atom stereocenters. The SMILES string of the molecule is CC1(C)c2ccccc2-c2ccc(N(c3ccc(-c4ccccc4)cc3)c3ccc(-c4ccc5c(c4)C(C)(C)c4cccc(-c6ccccc6)c4-5)cc3)cc21. The first-order chi connectivity index (χ1) is 26.8. The molecule has 0 bridgehead atoms. The average molecular weight is 706 g/mol. The van der Waals surface area contributed by atoms with E-state index in [1.165, 1.54) is 77.9 Å². The third kappa shape index (κ3) is 5.29. The van der Waals surface area contributed by atoms with Gasteiger partial charge in [-0.2, -0.15) is 0 Å². The molecule has 0 saturated heterocycles. The molecule has 1 heteroatoms. The van der Waals surface area contributed by atoms with Crippen molar-refractivity contribution >= 4 is 17.1 Å². The lowest BCUT2D eigenvalue weighted by molar-refractivity contribution is 0.660. The van der Waals surface area contributed by atoms with Gasteiger partial charge >= 0.3 is 0 Å². The van der Waals surface area contributed by atoms with Crippen LogP contribution in [-0.4, -0.2) is 0 Å². The van der Waals surface area contributed by atoms with Crippen LogP contribution in [0.15, 0.2) is 188 Å². The maximum absolute atomic E-state index is 2.43. The van der Waals surface area contributed by atoms with Crippen LogP contribution < -0.4 is 4.90 Å². The van der Waals surface area contributed by atoms with Crippen LogP contribution >= 0.6 is 0 Å². The summed E-state index contributed by atoms with van der Waals surface area (Å²) in [6.45, 7) is 9.45. The Hall–Kier alpha value is -6.44. The molecule has 0 saturated carbocycles. The van der Waals surface area contributed by atoms with Gasteiger partial charge in [-0.05, 0) is 120 Å². The van der Waals surface area contributed by atoms with E-state index in [4.69, 9.17) is 0 Å². The van der Waals surface area contributed by atoms with E-state index < -0.39 is 0 Å². The number of hydrogen-bond donors (Lipinski definition) is 0. The maximum Gasteiger partial charge on any atom is 0.0465 e. The Morgan fingerprint density at radius 2 is 0.745 bits per heavy atom. The van der Waals surface area contributed by atoms with Gasteiger partial charge in [0.15, 0.2) is 0 Å². The van der Waals surface area contributed by atoms with Crippen molar-refractivity contribution in [3.8, 4) is 55.6 Å². The van der Waals surface area contributed by atoms with E-state index in [1.807, 2.05) is 0 Å². The lowest BCUT2D eigenvalue weighted by Crippen LogP contribution is -2.16. The summed E-state index contributed by atoms with van der Waals surface area (Å²) in [7, 11) is 0. The minimum atomic E-state index is -0.102. The summed E-state index contributed by atoms with van der Waals surface area (Å²) in [5.41, 5.74) is 21.6. The fourth-order valence-corrected chi connectivity index (χ4v) is 9.34. The summed E-state index contributed by atoms with van der Waals surface area (Å²) in [4.78, 5) is 2.41. The summed E-state index contributed by atoms with van der Waals surface area (Å²) < 4.78 is 0. The molecule has 2 aliphatic carbocycles. The largest absolute Gasteiger partial charge is 0.310 e. The number of fused-ring (bicyclic) bond motifs is 6. The van der Waals surface area contributed by atoms with Crippen LogP contribution in [0.1, 0.15) is 49.9 Å². The number of benzene rings is 8. The third-order valence-corrected chi connectivity index (χ3v) is 12.3. The van der Waals surface area contributed by atoms with Crippen molar-refractivity contribution in [3.63, 3.8) is 0 Å². The molecule has 8 aromatic rings. The zero-order valence-corrected chi connectivity index (χ0v) is 31.8. The highest BCUT2D eigenvalue weighted by molar-refractivity contribution is 5.94. The summed E-state index contributed by atoms with van der Waals surface area (Å²) in [6, 6.07) is 69.4. The Balaban J connectivity index is 1.05. The first-order valence-corrected chi connectivity index (χ1v) is 19.4. The molecule has 0 radical (unpaired) electrons. The molecule has 1 nitrogen and oxygen atoms in total. The zero-order chi connectivity index (χ0) is 37.3. The number of rotatable bonds is 6. The van der Waals surface area contributed by atoms with Crippen LogP contribution in [0.2, 0.25) is 0 Å².